The van der Waals surface area contributed by atoms with Crippen molar-refractivity contribution in [2.24, 2.45) is 5.10 Å². The quantitative estimate of drug-likeness (QED) is 0.276. The Morgan fingerprint density at radius 3 is 2.14 bits per heavy atom. The highest BCUT2D eigenvalue weighted by molar-refractivity contribution is 7.11. The van der Waals surface area contributed by atoms with Crippen LogP contribution in [0.4, 0.5) is 0 Å². The lowest BCUT2D eigenvalue weighted by Gasteiger charge is -2.20. The summed E-state index contributed by atoms with van der Waals surface area (Å²) in [6.45, 7) is 2.08. The number of nitrogens with zero attached hydrogens (tertiary/aromatic N) is 2. The van der Waals surface area contributed by atoms with Gasteiger partial charge in [-0.2, -0.15) is 0 Å². The van der Waals surface area contributed by atoms with Gasteiger partial charge in [0.15, 0.2) is 0 Å². The highest BCUT2D eigenvalue weighted by Crippen LogP contribution is 2.18. The standard InChI is InChI=1S/C17H20ClN2OSi/c1-14(15-10-6-4-7-11-15)17(19-20(2)3)21-22(18)16-12-8-5-9-13-16/h4-14H,1-3H3/b19-17+/t14-/m0/s1. The van der Waals surface area contributed by atoms with Gasteiger partial charge in [-0.05, 0) is 17.7 Å². The molecule has 5 heteroatoms. The Labute approximate surface area is 138 Å². The van der Waals surface area contributed by atoms with Crippen molar-refractivity contribution in [2.75, 3.05) is 14.1 Å². The van der Waals surface area contributed by atoms with E-state index in [0.717, 1.165) is 10.8 Å². The maximum Gasteiger partial charge on any atom is 0.431 e. The molecular weight excluding hydrogens is 312 g/mol. The van der Waals surface area contributed by atoms with Gasteiger partial charge in [0.1, 0.15) is 0 Å². The van der Waals surface area contributed by atoms with Gasteiger partial charge in [-0.25, -0.2) is 0 Å². The van der Waals surface area contributed by atoms with Gasteiger partial charge in [-0.15, -0.1) is 16.2 Å². The third-order valence-corrected chi connectivity index (χ3v) is 5.23. The normalized spacial score (nSPS) is 13.0. The summed E-state index contributed by atoms with van der Waals surface area (Å²) in [4.78, 5) is 0. The van der Waals surface area contributed by atoms with E-state index in [2.05, 4.69) is 24.2 Å². The number of rotatable bonds is 5. The zero-order valence-electron chi connectivity index (χ0n) is 13.0. The van der Waals surface area contributed by atoms with Crippen LogP contribution in [0.1, 0.15) is 18.4 Å². The van der Waals surface area contributed by atoms with E-state index in [1.165, 1.54) is 0 Å². The number of hydrogen-bond donors (Lipinski definition) is 0. The fourth-order valence-electron chi connectivity index (χ4n) is 2.00. The van der Waals surface area contributed by atoms with Crippen molar-refractivity contribution in [3.63, 3.8) is 0 Å². The average Bonchev–Trinajstić information content (AvgIpc) is 2.54. The number of hydrazone groups is 1. The molecule has 3 nitrogen and oxygen atoms in total. The molecule has 2 aromatic carbocycles. The van der Waals surface area contributed by atoms with Crippen molar-refractivity contribution in [3.8, 4) is 0 Å². The van der Waals surface area contributed by atoms with Crippen LogP contribution < -0.4 is 5.19 Å². The Bertz CT molecular complexity index is 605. The summed E-state index contributed by atoms with van der Waals surface area (Å²) in [5.74, 6) is 0.690. The van der Waals surface area contributed by atoms with Crippen molar-refractivity contribution in [1.29, 1.82) is 0 Å². The molecule has 0 fully saturated rings. The summed E-state index contributed by atoms with van der Waals surface area (Å²) in [6.07, 6.45) is 0. The van der Waals surface area contributed by atoms with E-state index in [4.69, 9.17) is 15.5 Å². The van der Waals surface area contributed by atoms with Crippen molar-refractivity contribution in [1.82, 2.24) is 5.01 Å². The van der Waals surface area contributed by atoms with Gasteiger partial charge in [-0.3, -0.25) is 5.01 Å². The molecule has 0 saturated heterocycles. The van der Waals surface area contributed by atoms with Crippen molar-refractivity contribution >= 4 is 30.5 Å². The van der Waals surface area contributed by atoms with Crippen molar-refractivity contribution in [2.45, 2.75) is 12.8 Å². The minimum atomic E-state index is -1.65. The van der Waals surface area contributed by atoms with Crippen LogP contribution in [0, 0.1) is 0 Å². The van der Waals surface area contributed by atoms with Crippen molar-refractivity contribution < 1.29 is 4.43 Å². The third kappa shape index (κ3) is 4.61. The summed E-state index contributed by atoms with van der Waals surface area (Å²) in [5.41, 5.74) is 1.16. The van der Waals surface area contributed by atoms with Crippen LogP contribution in [-0.2, 0) is 4.43 Å². The predicted molar refractivity (Wildman–Crippen MR) is 94.7 cm³/mol. The summed E-state index contributed by atoms with van der Waals surface area (Å²) in [6, 6.07) is 20.1. The average molecular weight is 332 g/mol. The lowest BCUT2D eigenvalue weighted by molar-refractivity contribution is 0.409. The second-order valence-corrected chi connectivity index (χ2v) is 7.52. The highest BCUT2D eigenvalue weighted by Gasteiger charge is 2.22. The maximum absolute atomic E-state index is 6.50. The molecular formula is C17H20ClN2OSi. The number of hydrogen-bond acceptors (Lipinski definition) is 3. The number of halogens is 1. The highest BCUT2D eigenvalue weighted by atomic mass is 35.6. The molecule has 0 aliphatic heterocycles. The fourth-order valence-corrected chi connectivity index (χ4v) is 3.59. The van der Waals surface area contributed by atoms with Gasteiger partial charge >= 0.3 is 8.35 Å². The van der Waals surface area contributed by atoms with Crippen LogP contribution in [0.15, 0.2) is 65.8 Å². The molecule has 0 aliphatic carbocycles. The molecule has 0 saturated carbocycles. The first-order valence-electron chi connectivity index (χ1n) is 7.14. The molecule has 0 aliphatic rings. The minimum absolute atomic E-state index is 0.0473. The molecule has 1 radical (unpaired) electrons. The second kappa shape index (κ2) is 8.01. The first kappa shape index (κ1) is 16.6. The van der Waals surface area contributed by atoms with E-state index in [1.54, 1.807) is 5.01 Å². The van der Waals surface area contributed by atoms with Crippen LogP contribution >= 0.6 is 11.1 Å². The smallest absolute Gasteiger partial charge is 0.431 e. The second-order valence-electron chi connectivity index (χ2n) is 5.16. The van der Waals surface area contributed by atoms with Gasteiger partial charge < -0.3 is 4.43 Å². The van der Waals surface area contributed by atoms with Crippen LogP contribution in [0.3, 0.4) is 0 Å². The van der Waals surface area contributed by atoms with E-state index in [9.17, 15) is 0 Å². The van der Waals surface area contributed by atoms with Crippen LogP contribution in [0.5, 0.6) is 0 Å². The van der Waals surface area contributed by atoms with Gasteiger partial charge in [-0.1, -0.05) is 60.7 Å². The first-order chi connectivity index (χ1) is 10.6. The molecule has 1 atom stereocenters. The zero-order chi connectivity index (χ0) is 15.9. The lowest BCUT2D eigenvalue weighted by atomic mass is 10.0. The molecule has 0 bridgehead atoms. The molecule has 0 unspecified atom stereocenters. The fraction of sp³-hybridized carbons (Fsp3) is 0.235. The molecule has 22 heavy (non-hydrogen) atoms. The zero-order valence-corrected chi connectivity index (χ0v) is 14.8. The molecule has 2 rings (SSSR count). The van der Waals surface area contributed by atoms with Crippen LogP contribution in [0.2, 0.25) is 0 Å². The Balaban J connectivity index is 2.20. The Morgan fingerprint density at radius 2 is 1.59 bits per heavy atom. The SMILES string of the molecule is C[C@H](/C(=N\N(C)C)O[Si](Cl)c1ccccc1)c1ccccc1. The molecule has 0 spiro atoms. The summed E-state index contributed by atoms with van der Waals surface area (Å²) < 4.78 is 6.04. The summed E-state index contributed by atoms with van der Waals surface area (Å²) >= 11 is 6.50. The van der Waals surface area contributed by atoms with Gasteiger partial charge in [0, 0.05) is 14.1 Å². The van der Waals surface area contributed by atoms with E-state index < -0.39 is 8.35 Å². The van der Waals surface area contributed by atoms with Gasteiger partial charge in [0.25, 0.3) is 0 Å². The van der Waals surface area contributed by atoms with Gasteiger partial charge in [0.05, 0.1) is 5.92 Å². The number of benzene rings is 2. The lowest BCUT2D eigenvalue weighted by Crippen LogP contribution is -2.33. The molecule has 115 valence electrons. The third-order valence-electron chi connectivity index (χ3n) is 3.16. The van der Waals surface area contributed by atoms with E-state index in [1.807, 2.05) is 62.6 Å². The van der Waals surface area contributed by atoms with E-state index in [-0.39, 0.29) is 5.92 Å². The molecule has 0 N–H and O–H groups in total. The van der Waals surface area contributed by atoms with Crippen LogP contribution in [0.25, 0.3) is 0 Å². The van der Waals surface area contributed by atoms with Crippen LogP contribution in [-0.4, -0.2) is 33.4 Å². The first-order valence-corrected chi connectivity index (χ1v) is 9.56. The topological polar surface area (TPSA) is 24.8 Å². The summed E-state index contributed by atoms with van der Waals surface area (Å²) in [7, 11) is 2.11. The van der Waals surface area contributed by atoms with E-state index in [0.29, 0.717) is 5.90 Å². The molecule has 0 heterocycles. The largest absolute Gasteiger partial charge is 0.512 e. The Morgan fingerprint density at radius 1 is 1.05 bits per heavy atom. The Hall–Kier alpha value is -1.78. The Kier molecular flexibility index (Phi) is 6.04. The van der Waals surface area contributed by atoms with Gasteiger partial charge in [0.2, 0.25) is 5.90 Å². The molecule has 2 aromatic rings. The van der Waals surface area contributed by atoms with Crippen molar-refractivity contribution in [3.05, 3.63) is 66.2 Å². The van der Waals surface area contributed by atoms with E-state index >= 15 is 0 Å². The minimum Gasteiger partial charge on any atom is -0.512 e. The molecule has 0 aromatic heterocycles. The summed E-state index contributed by atoms with van der Waals surface area (Å²) in [5, 5.41) is 7.24. The predicted octanol–water partition coefficient (Wildman–Crippen LogP) is 3.32. The maximum atomic E-state index is 6.50. The monoisotopic (exact) mass is 331 g/mol. The molecule has 0 amide bonds.